The molecule has 19 heavy (non-hydrogen) atoms. The van der Waals surface area contributed by atoms with Crippen molar-refractivity contribution < 1.29 is 4.57 Å². The Kier molecular flexibility index (Phi) is 2.37. The highest BCUT2D eigenvalue weighted by Crippen LogP contribution is 2.40. The second-order valence-electron chi connectivity index (χ2n) is 5.25. The number of allylic oxidation sites excluding steroid dienone is 3. The number of nitrogens with zero attached hydrogens (tertiary/aromatic N) is 1. The minimum Gasteiger partial charge on any atom is -0.194 e. The molecule has 0 spiro atoms. The molecule has 0 aliphatic heterocycles. The van der Waals surface area contributed by atoms with Gasteiger partial charge in [-0.3, -0.25) is 0 Å². The first-order valence-corrected chi connectivity index (χ1v) is 6.90. The van der Waals surface area contributed by atoms with Crippen molar-refractivity contribution in [2.75, 3.05) is 0 Å². The summed E-state index contributed by atoms with van der Waals surface area (Å²) in [5.41, 5.74) is 7.11. The van der Waals surface area contributed by atoms with Gasteiger partial charge in [-0.25, -0.2) is 0 Å². The van der Waals surface area contributed by atoms with Crippen molar-refractivity contribution in [2.45, 2.75) is 19.4 Å². The highest BCUT2D eigenvalue weighted by Gasteiger charge is 2.28. The molecular formula is C18H16N+. The maximum Gasteiger partial charge on any atom is 0.213 e. The molecule has 4 rings (SSSR count). The van der Waals surface area contributed by atoms with E-state index >= 15 is 0 Å². The lowest BCUT2D eigenvalue weighted by Crippen LogP contribution is -2.37. The first-order chi connectivity index (χ1) is 9.42. The largest absolute Gasteiger partial charge is 0.213 e. The number of benzene rings is 1. The quantitative estimate of drug-likeness (QED) is 0.713. The van der Waals surface area contributed by atoms with E-state index in [0.29, 0.717) is 0 Å². The molecule has 1 aromatic heterocycles. The van der Waals surface area contributed by atoms with Gasteiger partial charge in [-0.2, -0.15) is 4.57 Å². The molecule has 1 heteroatoms. The van der Waals surface area contributed by atoms with Crippen LogP contribution in [0.25, 0.3) is 11.6 Å². The van der Waals surface area contributed by atoms with E-state index in [4.69, 9.17) is 0 Å². The molecule has 92 valence electrons. The van der Waals surface area contributed by atoms with Gasteiger partial charge in [0.1, 0.15) is 0 Å². The van der Waals surface area contributed by atoms with Crippen LogP contribution in [0.4, 0.5) is 0 Å². The third kappa shape index (κ3) is 1.74. The molecule has 2 aromatic rings. The predicted molar refractivity (Wildman–Crippen MR) is 77.4 cm³/mol. The van der Waals surface area contributed by atoms with Crippen LogP contribution in [0.5, 0.6) is 0 Å². The molecule has 0 saturated heterocycles. The molecule has 0 radical (unpaired) electrons. The van der Waals surface area contributed by atoms with Crippen LogP contribution in [-0.4, -0.2) is 0 Å². The van der Waals surface area contributed by atoms with Crippen LogP contribution in [-0.2, 0) is 6.54 Å². The van der Waals surface area contributed by atoms with E-state index < -0.39 is 0 Å². The highest BCUT2D eigenvalue weighted by atomic mass is 15.0. The lowest BCUT2D eigenvalue weighted by atomic mass is 10.1. The summed E-state index contributed by atoms with van der Waals surface area (Å²) in [5, 5.41) is 0. The van der Waals surface area contributed by atoms with Gasteiger partial charge < -0.3 is 0 Å². The standard InChI is InChI=1S/C18H16N/c1-2-6-14(7-3-1)13-19-11-5-10-17-16-9-4-8-15(16)12-18(17)19/h1-3,5-7,9-12H,4,8,13H2/q+1. The Morgan fingerprint density at radius 2 is 1.89 bits per heavy atom. The summed E-state index contributed by atoms with van der Waals surface area (Å²) < 4.78 is 2.36. The maximum absolute atomic E-state index is 2.38. The van der Waals surface area contributed by atoms with Gasteiger partial charge in [-0.1, -0.05) is 36.4 Å². The highest BCUT2D eigenvalue weighted by molar-refractivity contribution is 5.94. The number of pyridine rings is 1. The number of fused-ring (bicyclic) bond motifs is 3. The Hall–Kier alpha value is -2.15. The smallest absolute Gasteiger partial charge is 0.194 e. The minimum absolute atomic E-state index is 0.946. The zero-order valence-electron chi connectivity index (χ0n) is 10.8. The third-order valence-electron chi connectivity index (χ3n) is 4.02. The molecule has 1 nitrogen and oxygen atoms in total. The molecule has 0 N–H and O–H groups in total. The van der Waals surface area contributed by atoms with E-state index in [1.165, 1.54) is 40.8 Å². The van der Waals surface area contributed by atoms with Gasteiger partial charge >= 0.3 is 0 Å². The molecule has 1 heterocycles. The SMILES string of the molecule is C1=C2CCC=C2c2ccc[n+](Cc3ccccc3)c21. The van der Waals surface area contributed by atoms with Gasteiger partial charge in [-0.15, -0.1) is 0 Å². The first-order valence-electron chi connectivity index (χ1n) is 6.90. The Bertz CT molecular complexity index is 693. The molecule has 0 bridgehead atoms. The van der Waals surface area contributed by atoms with E-state index in [1.807, 2.05) is 0 Å². The third-order valence-corrected chi connectivity index (χ3v) is 4.02. The summed E-state index contributed by atoms with van der Waals surface area (Å²) in [6, 6.07) is 15.1. The fraction of sp³-hybridized carbons (Fsp3) is 0.167. The van der Waals surface area contributed by atoms with Crippen LogP contribution < -0.4 is 4.57 Å². The van der Waals surface area contributed by atoms with Gasteiger partial charge in [0.05, 0.1) is 5.56 Å². The van der Waals surface area contributed by atoms with Gasteiger partial charge in [0, 0.05) is 17.7 Å². The van der Waals surface area contributed by atoms with Crippen LogP contribution in [0.2, 0.25) is 0 Å². The van der Waals surface area contributed by atoms with Crippen molar-refractivity contribution in [3.8, 4) is 0 Å². The summed E-state index contributed by atoms with van der Waals surface area (Å²) in [5.74, 6) is 0. The van der Waals surface area contributed by atoms with Gasteiger partial charge in [0.2, 0.25) is 5.69 Å². The topological polar surface area (TPSA) is 3.88 Å². The second kappa shape index (κ2) is 4.20. The predicted octanol–water partition coefficient (Wildman–Crippen LogP) is 3.60. The summed E-state index contributed by atoms with van der Waals surface area (Å²) in [7, 11) is 0. The minimum atomic E-state index is 0.946. The van der Waals surface area contributed by atoms with Crippen molar-refractivity contribution in [3.63, 3.8) is 0 Å². The molecule has 1 aromatic carbocycles. The van der Waals surface area contributed by atoms with E-state index in [9.17, 15) is 0 Å². The Labute approximate surface area is 113 Å². The summed E-state index contributed by atoms with van der Waals surface area (Å²) in [6.07, 6.45) is 9.34. The van der Waals surface area contributed by atoms with Crippen LogP contribution in [0.3, 0.4) is 0 Å². The normalized spacial score (nSPS) is 15.8. The van der Waals surface area contributed by atoms with Crippen LogP contribution in [0.1, 0.15) is 29.7 Å². The Morgan fingerprint density at radius 3 is 2.79 bits per heavy atom. The number of hydrogen-bond donors (Lipinski definition) is 0. The maximum atomic E-state index is 2.38. The van der Waals surface area contributed by atoms with E-state index in [1.54, 1.807) is 0 Å². The Balaban J connectivity index is 1.78. The van der Waals surface area contributed by atoms with Crippen LogP contribution >= 0.6 is 0 Å². The first kappa shape index (κ1) is 10.7. The molecular weight excluding hydrogens is 230 g/mol. The monoisotopic (exact) mass is 246 g/mol. The van der Waals surface area contributed by atoms with Crippen LogP contribution in [0.15, 0.2) is 60.3 Å². The molecule has 0 unspecified atom stereocenters. The lowest BCUT2D eigenvalue weighted by Gasteiger charge is -2.03. The van der Waals surface area contributed by atoms with Crippen molar-refractivity contribution in [2.24, 2.45) is 0 Å². The molecule has 0 amide bonds. The van der Waals surface area contributed by atoms with Gasteiger partial charge in [0.15, 0.2) is 12.7 Å². The van der Waals surface area contributed by atoms with Gasteiger partial charge in [-0.05, 0) is 30.1 Å². The number of aromatic nitrogens is 1. The molecule has 0 fully saturated rings. The van der Waals surface area contributed by atoms with Crippen molar-refractivity contribution in [1.29, 1.82) is 0 Å². The molecule has 2 aliphatic rings. The summed E-state index contributed by atoms with van der Waals surface area (Å²) in [4.78, 5) is 0. The molecule has 0 saturated carbocycles. The van der Waals surface area contributed by atoms with Crippen molar-refractivity contribution >= 4 is 11.6 Å². The lowest BCUT2D eigenvalue weighted by molar-refractivity contribution is -0.690. The summed E-state index contributed by atoms with van der Waals surface area (Å²) in [6.45, 7) is 0.946. The van der Waals surface area contributed by atoms with E-state index in [0.717, 1.165) is 6.54 Å². The fourth-order valence-electron chi connectivity index (χ4n) is 3.11. The average Bonchev–Trinajstić information content (AvgIpc) is 3.01. The Morgan fingerprint density at radius 1 is 1.00 bits per heavy atom. The van der Waals surface area contributed by atoms with Crippen molar-refractivity contribution in [3.05, 3.63) is 77.1 Å². The summed E-state index contributed by atoms with van der Waals surface area (Å²) >= 11 is 0. The number of hydrogen-bond acceptors (Lipinski definition) is 0. The number of rotatable bonds is 2. The zero-order valence-corrected chi connectivity index (χ0v) is 10.8. The van der Waals surface area contributed by atoms with E-state index in [-0.39, 0.29) is 0 Å². The fourth-order valence-corrected chi connectivity index (χ4v) is 3.11. The van der Waals surface area contributed by atoms with Crippen LogP contribution in [0, 0.1) is 0 Å². The molecule has 2 aliphatic carbocycles. The second-order valence-corrected chi connectivity index (χ2v) is 5.25. The van der Waals surface area contributed by atoms with Gasteiger partial charge in [0.25, 0.3) is 0 Å². The zero-order chi connectivity index (χ0) is 12.7. The van der Waals surface area contributed by atoms with E-state index in [2.05, 4.69) is 65.4 Å². The average molecular weight is 246 g/mol. The molecule has 0 atom stereocenters. The van der Waals surface area contributed by atoms with Crippen molar-refractivity contribution in [1.82, 2.24) is 0 Å².